The lowest BCUT2D eigenvalue weighted by Crippen LogP contribution is -2.27. The zero-order chi connectivity index (χ0) is 16.8. The molecule has 23 heavy (non-hydrogen) atoms. The molecule has 2 aromatic rings. The fourth-order valence-electron chi connectivity index (χ4n) is 2.22. The van der Waals surface area contributed by atoms with Crippen molar-refractivity contribution in [3.05, 3.63) is 41.9 Å². The number of oxazole rings is 1. The maximum Gasteiger partial charge on any atom is 0.220 e. The number of carbonyl (C=O) groups is 1. The standard InChI is InChI=1S/C19H26N2O2/c1-13(2)11-20-18(22)9-10-19-21-12-17(23-19)16-7-5-15(6-8-16)14(3)4/h5-8,12-14H,9-11H2,1-4H3,(H,20,22). The molecular weight excluding hydrogens is 288 g/mol. The first-order valence-corrected chi connectivity index (χ1v) is 8.27. The Balaban J connectivity index is 1.91. The minimum Gasteiger partial charge on any atom is -0.441 e. The largest absolute Gasteiger partial charge is 0.441 e. The molecule has 0 aliphatic rings. The Bertz CT molecular complexity index is 627. The summed E-state index contributed by atoms with van der Waals surface area (Å²) in [6, 6.07) is 8.33. The van der Waals surface area contributed by atoms with E-state index in [4.69, 9.17) is 4.42 Å². The number of rotatable bonds is 7. The van der Waals surface area contributed by atoms with Crippen LogP contribution in [0.3, 0.4) is 0 Å². The predicted molar refractivity (Wildman–Crippen MR) is 92.2 cm³/mol. The van der Waals surface area contributed by atoms with Crippen LogP contribution >= 0.6 is 0 Å². The van der Waals surface area contributed by atoms with Crippen LogP contribution in [0.4, 0.5) is 0 Å². The van der Waals surface area contributed by atoms with E-state index in [9.17, 15) is 4.79 Å². The van der Waals surface area contributed by atoms with E-state index in [1.54, 1.807) is 6.20 Å². The molecule has 0 unspecified atom stereocenters. The average molecular weight is 314 g/mol. The van der Waals surface area contributed by atoms with E-state index in [2.05, 4.69) is 62.3 Å². The molecule has 0 radical (unpaired) electrons. The molecular formula is C19H26N2O2. The SMILES string of the molecule is CC(C)CNC(=O)CCc1ncc(-c2ccc(C(C)C)cc2)o1. The second-order valence-electron chi connectivity index (χ2n) is 6.59. The fourth-order valence-corrected chi connectivity index (χ4v) is 2.22. The highest BCUT2D eigenvalue weighted by atomic mass is 16.4. The van der Waals surface area contributed by atoms with Crippen molar-refractivity contribution >= 4 is 5.91 Å². The van der Waals surface area contributed by atoms with Crippen molar-refractivity contribution in [2.45, 2.75) is 46.5 Å². The summed E-state index contributed by atoms with van der Waals surface area (Å²) >= 11 is 0. The summed E-state index contributed by atoms with van der Waals surface area (Å²) in [5.74, 6) is 2.37. The number of amides is 1. The van der Waals surface area contributed by atoms with E-state index in [-0.39, 0.29) is 5.91 Å². The van der Waals surface area contributed by atoms with Gasteiger partial charge < -0.3 is 9.73 Å². The molecule has 0 bridgehead atoms. The molecule has 124 valence electrons. The van der Waals surface area contributed by atoms with Crippen molar-refractivity contribution in [1.29, 1.82) is 0 Å². The van der Waals surface area contributed by atoms with E-state index < -0.39 is 0 Å². The Morgan fingerprint density at radius 1 is 1.17 bits per heavy atom. The summed E-state index contributed by atoms with van der Waals surface area (Å²) in [7, 11) is 0. The summed E-state index contributed by atoms with van der Waals surface area (Å²) in [5.41, 5.74) is 2.31. The van der Waals surface area contributed by atoms with Crippen molar-refractivity contribution in [3.63, 3.8) is 0 Å². The van der Waals surface area contributed by atoms with Crippen LogP contribution in [-0.2, 0) is 11.2 Å². The Hall–Kier alpha value is -2.10. The van der Waals surface area contributed by atoms with Gasteiger partial charge in [-0.25, -0.2) is 4.98 Å². The van der Waals surface area contributed by atoms with E-state index in [0.717, 1.165) is 11.3 Å². The third kappa shape index (κ3) is 5.23. The number of benzene rings is 1. The van der Waals surface area contributed by atoms with Crippen LogP contribution in [-0.4, -0.2) is 17.4 Å². The number of hydrogen-bond donors (Lipinski definition) is 1. The molecule has 1 N–H and O–H groups in total. The Labute approximate surface area is 138 Å². The quantitative estimate of drug-likeness (QED) is 0.834. The fraction of sp³-hybridized carbons (Fsp3) is 0.474. The molecule has 0 atom stereocenters. The summed E-state index contributed by atoms with van der Waals surface area (Å²) in [6.07, 6.45) is 2.65. The van der Waals surface area contributed by atoms with Crippen LogP contribution in [0.1, 0.15) is 51.5 Å². The first-order chi connectivity index (χ1) is 11.0. The summed E-state index contributed by atoms with van der Waals surface area (Å²) in [4.78, 5) is 16.0. The molecule has 2 rings (SSSR count). The summed E-state index contributed by atoms with van der Waals surface area (Å²) in [6.45, 7) is 9.20. The van der Waals surface area contributed by atoms with Gasteiger partial charge in [0.25, 0.3) is 0 Å². The zero-order valence-electron chi connectivity index (χ0n) is 14.4. The second kappa shape index (κ2) is 7.95. The maximum absolute atomic E-state index is 11.7. The number of nitrogens with one attached hydrogen (secondary N) is 1. The summed E-state index contributed by atoms with van der Waals surface area (Å²) in [5, 5.41) is 2.90. The van der Waals surface area contributed by atoms with Crippen molar-refractivity contribution in [1.82, 2.24) is 10.3 Å². The summed E-state index contributed by atoms with van der Waals surface area (Å²) < 4.78 is 5.75. The maximum atomic E-state index is 11.7. The third-order valence-electron chi connectivity index (χ3n) is 3.69. The predicted octanol–water partition coefficient (Wildman–Crippen LogP) is 4.17. The highest BCUT2D eigenvalue weighted by Crippen LogP contribution is 2.23. The topological polar surface area (TPSA) is 55.1 Å². The zero-order valence-corrected chi connectivity index (χ0v) is 14.4. The van der Waals surface area contributed by atoms with Gasteiger partial charge in [0.1, 0.15) is 0 Å². The number of nitrogens with zero attached hydrogens (tertiary/aromatic N) is 1. The number of aromatic nitrogens is 1. The Morgan fingerprint density at radius 3 is 2.48 bits per heavy atom. The molecule has 0 saturated carbocycles. The van der Waals surface area contributed by atoms with Gasteiger partial charge in [0, 0.05) is 24.9 Å². The van der Waals surface area contributed by atoms with E-state index >= 15 is 0 Å². The lowest BCUT2D eigenvalue weighted by atomic mass is 10.0. The van der Waals surface area contributed by atoms with Gasteiger partial charge in [-0.15, -0.1) is 0 Å². The molecule has 0 aliphatic heterocycles. The van der Waals surface area contributed by atoms with Gasteiger partial charge in [-0.1, -0.05) is 52.0 Å². The smallest absolute Gasteiger partial charge is 0.220 e. The van der Waals surface area contributed by atoms with Gasteiger partial charge in [0.15, 0.2) is 11.7 Å². The lowest BCUT2D eigenvalue weighted by Gasteiger charge is -2.06. The number of aryl methyl sites for hydroxylation is 1. The van der Waals surface area contributed by atoms with Crippen LogP contribution in [0.25, 0.3) is 11.3 Å². The first kappa shape index (κ1) is 17.3. The molecule has 0 spiro atoms. The van der Waals surface area contributed by atoms with Gasteiger partial charge in [-0.05, 0) is 17.4 Å². The van der Waals surface area contributed by atoms with Crippen LogP contribution in [0.5, 0.6) is 0 Å². The molecule has 0 saturated heterocycles. The minimum absolute atomic E-state index is 0.0414. The average Bonchev–Trinajstić information content (AvgIpc) is 3.00. The van der Waals surface area contributed by atoms with E-state index in [0.29, 0.717) is 37.1 Å². The molecule has 1 amide bonds. The van der Waals surface area contributed by atoms with E-state index in [1.807, 2.05) is 0 Å². The third-order valence-corrected chi connectivity index (χ3v) is 3.69. The van der Waals surface area contributed by atoms with Crippen molar-refractivity contribution in [3.8, 4) is 11.3 Å². The molecule has 1 aromatic heterocycles. The highest BCUT2D eigenvalue weighted by molar-refractivity contribution is 5.76. The lowest BCUT2D eigenvalue weighted by molar-refractivity contribution is -0.121. The van der Waals surface area contributed by atoms with Gasteiger partial charge in [0.2, 0.25) is 5.91 Å². The molecule has 1 heterocycles. The Morgan fingerprint density at radius 2 is 1.87 bits per heavy atom. The number of carbonyl (C=O) groups excluding carboxylic acids is 1. The van der Waals surface area contributed by atoms with Crippen LogP contribution in [0, 0.1) is 5.92 Å². The molecule has 4 nitrogen and oxygen atoms in total. The monoisotopic (exact) mass is 314 g/mol. The van der Waals surface area contributed by atoms with Gasteiger partial charge in [0.05, 0.1) is 6.20 Å². The van der Waals surface area contributed by atoms with Gasteiger partial charge in [-0.2, -0.15) is 0 Å². The molecule has 4 heteroatoms. The van der Waals surface area contributed by atoms with Crippen molar-refractivity contribution in [2.24, 2.45) is 5.92 Å². The van der Waals surface area contributed by atoms with Crippen molar-refractivity contribution in [2.75, 3.05) is 6.54 Å². The first-order valence-electron chi connectivity index (χ1n) is 8.27. The van der Waals surface area contributed by atoms with Crippen LogP contribution in [0.2, 0.25) is 0 Å². The minimum atomic E-state index is 0.0414. The van der Waals surface area contributed by atoms with Crippen LogP contribution in [0.15, 0.2) is 34.9 Å². The molecule has 1 aromatic carbocycles. The Kier molecular flexibility index (Phi) is 5.97. The number of hydrogen-bond acceptors (Lipinski definition) is 3. The van der Waals surface area contributed by atoms with E-state index in [1.165, 1.54) is 5.56 Å². The highest BCUT2D eigenvalue weighted by Gasteiger charge is 2.09. The van der Waals surface area contributed by atoms with Gasteiger partial charge in [-0.3, -0.25) is 4.79 Å². The van der Waals surface area contributed by atoms with Gasteiger partial charge >= 0.3 is 0 Å². The molecule has 0 aliphatic carbocycles. The van der Waals surface area contributed by atoms with Crippen LogP contribution < -0.4 is 5.32 Å². The molecule has 0 fully saturated rings. The second-order valence-corrected chi connectivity index (χ2v) is 6.59. The normalized spacial score (nSPS) is 11.2. The van der Waals surface area contributed by atoms with Crippen molar-refractivity contribution < 1.29 is 9.21 Å².